The molecule has 0 saturated carbocycles. The Labute approximate surface area is 231 Å². The lowest BCUT2D eigenvalue weighted by Gasteiger charge is -2.26. The first-order valence-corrected chi connectivity index (χ1v) is 13.3. The van der Waals surface area contributed by atoms with Crippen molar-refractivity contribution < 1.29 is 18.0 Å². The second kappa shape index (κ2) is 11.8. The molecular weight excluding hydrogens is 511 g/mol. The summed E-state index contributed by atoms with van der Waals surface area (Å²) in [6.07, 6.45) is -2.14. The summed E-state index contributed by atoms with van der Waals surface area (Å²) in [5.74, 6) is -0.758. The predicted octanol–water partition coefficient (Wildman–Crippen LogP) is 7.46. The highest BCUT2D eigenvalue weighted by Gasteiger charge is 2.32. The molecular formula is C33H30F3N3O. The molecule has 0 aliphatic heterocycles. The van der Waals surface area contributed by atoms with Crippen molar-refractivity contribution >= 4 is 11.6 Å². The van der Waals surface area contributed by atoms with E-state index < -0.39 is 17.7 Å². The van der Waals surface area contributed by atoms with Crippen molar-refractivity contribution in [3.8, 4) is 0 Å². The van der Waals surface area contributed by atoms with Gasteiger partial charge in [0, 0.05) is 37.3 Å². The minimum Gasteiger partial charge on any atom is -0.338 e. The van der Waals surface area contributed by atoms with Gasteiger partial charge in [0.15, 0.2) is 0 Å². The van der Waals surface area contributed by atoms with Crippen molar-refractivity contribution in [1.82, 2.24) is 14.3 Å². The number of aryl methyl sites for hydroxylation is 1. The Morgan fingerprint density at radius 2 is 1.55 bits per heavy atom. The Balaban J connectivity index is 1.52. The number of halogens is 3. The van der Waals surface area contributed by atoms with Crippen LogP contribution in [0.2, 0.25) is 0 Å². The molecule has 7 heteroatoms. The lowest BCUT2D eigenvalue weighted by molar-refractivity contribution is -0.137. The number of alkyl halides is 3. The van der Waals surface area contributed by atoms with Gasteiger partial charge >= 0.3 is 6.18 Å². The third-order valence-electron chi connectivity index (χ3n) is 7.19. The molecule has 0 N–H and O–H groups in total. The zero-order chi connectivity index (χ0) is 28.1. The molecule has 1 amide bonds. The van der Waals surface area contributed by atoms with E-state index in [1.54, 1.807) is 17.2 Å². The Bertz CT molecular complexity index is 1580. The Hall–Kier alpha value is -4.39. The Kier molecular flexibility index (Phi) is 8.01. The maximum Gasteiger partial charge on any atom is 0.416 e. The summed E-state index contributed by atoms with van der Waals surface area (Å²) in [7, 11) is 0. The van der Waals surface area contributed by atoms with E-state index in [4.69, 9.17) is 0 Å². The summed E-state index contributed by atoms with van der Waals surface area (Å²) >= 11 is 0. The molecule has 0 saturated heterocycles. The number of hydrogen-bond donors (Lipinski definition) is 0. The van der Waals surface area contributed by atoms with Gasteiger partial charge in [0.25, 0.3) is 0 Å². The van der Waals surface area contributed by atoms with Gasteiger partial charge in [-0.05, 0) is 48.2 Å². The molecule has 1 unspecified atom stereocenters. The minimum atomic E-state index is -4.49. The van der Waals surface area contributed by atoms with Crippen molar-refractivity contribution in [2.45, 2.75) is 38.4 Å². The fourth-order valence-electron chi connectivity index (χ4n) is 5.11. The highest BCUT2D eigenvalue weighted by Crippen LogP contribution is 2.35. The Morgan fingerprint density at radius 1 is 0.875 bits per heavy atom. The number of aromatic nitrogens is 2. The molecule has 0 aliphatic carbocycles. The number of carbonyl (C=O) groups is 1. The summed E-state index contributed by atoms with van der Waals surface area (Å²) < 4.78 is 43.0. The van der Waals surface area contributed by atoms with E-state index in [1.165, 1.54) is 6.07 Å². The average Bonchev–Trinajstić information content (AvgIpc) is 3.40. The number of nitrogens with zero attached hydrogens (tertiary/aromatic N) is 3. The normalized spacial score (nSPS) is 12.4. The zero-order valence-electron chi connectivity index (χ0n) is 22.2. The first-order chi connectivity index (χ1) is 19.3. The monoisotopic (exact) mass is 541 g/mol. The summed E-state index contributed by atoms with van der Waals surface area (Å²) in [6.45, 7) is 2.82. The van der Waals surface area contributed by atoms with Crippen molar-refractivity contribution in [2.75, 3.05) is 6.54 Å². The van der Waals surface area contributed by atoms with Crippen molar-refractivity contribution in [3.63, 3.8) is 0 Å². The van der Waals surface area contributed by atoms with Gasteiger partial charge < -0.3 is 9.30 Å². The number of pyridine rings is 1. The number of hydrogen-bond acceptors (Lipinski definition) is 2. The average molecular weight is 542 g/mol. The molecule has 2 aromatic heterocycles. The number of amides is 1. The van der Waals surface area contributed by atoms with E-state index in [0.717, 1.165) is 29.0 Å². The van der Waals surface area contributed by atoms with Crippen LogP contribution in [0.3, 0.4) is 0 Å². The van der Waals surface area contributed by atoms with Crippen LogP contribution >= 0.6 is 0 Å². The van der Waals surface area contributed by atoms with Crippen LogP contribution in [0.1, 0.15) is 46.0 Å². The molecule has 0 fully saturated rings. The molecule has 1 atom stereocenters. The van der Waals surface area contributed by atoms with Gasteiger partial charge in [-0.15, -0.1) is 0 Å². The number of carbonyl (C=O) groups excluding carboxylic acids is 1. The van der Waals surface area contributed by atoms with Gasteiger partial charge in [-0.3, -0.25) is 4.79 Å². The molecule has 204 valence electrons. The van der Waals surface area contributed by atoms with Gasteiger partial charge in [-0.1, -0.05) is 84.9 Å². The maximum atomic E-state index is 14.0. The first-order valence-electron chi connectivity index (χ1n) is 13.3. The molecule has 5 aromatic rings. The SMILES string of the molecule is Cc1cccc2ncc(C(CC(=O)N(CCc3ccccc3)Cc3ccccc3)c3cccc(C(F)(F)F)c3)n12. The molecule has 2 heterocycles. The second-order valence-corrected chi connectivity index (χ2v) is 9.96. The van der Waals surface area contributed by atoms with Crippen LogP contribution in [0.25, 0.3) is 5.65 Å². The summed E-state index contributed by atoms with van der Waals surface area (Å²) in [5, 5.41) is 0. The third kappa shape index (κ3) is 6.25. The molecule has 3 aromatic carbocycles. The number of benzene rings is 3. The maximum absolute atomic E-state index is 14.0. The van der Waals surface area contributed by atoms with Crippen molar-refractivity contribution in [1.29, 1.82) is 0 Å². The van der Waals surface area contributed by atoms with Gasteiger partial charge in [0.1, 0.15) is 5.65 Å². The van der Waals surface area contributed by atoms with Crippen LogP contribution in [0.4, 0.5) is 13.2 Å². The lowest BCUT2D eigenvalue weighted by atomic mass is 9.90. The summed E-state index contributed by atoms with van der Waals surface area (Å²) in [5.41, 5.74) is 4.05. The largest absolute Gasteiger partial charge is 0.416 e. The van der Waals surface area contributed by atoms with Crippen LogP contribution in [0.5, 0.6) is 0 Å². The highest BCUT2D eigenvalue weighted by molar-refractivity contribution is 5.78. The van der Waals surface area contributed by atoms with Crippen LogP contribution in [0, 0.1) is 6.92 Å². The van der Waals surface area contributed by atoms with Gasteiger partial charge in [0.05, 0.1) is 11.3 Å². The summed E-state index contributed by atoms with van der Waals surface area (Å²) in [6, 6.07) is 30.6. The van der Waals surface area contributed by atoms with Crippen molar-refractivity contribution in [3.05, 3.63) is 143 Å². The van der Waals surface area contributed by atoms with Crippen molar-refractivity contribution in [2.24, 2.45) is 0 Å². The molecule has 40 heavy (non-hydrogen) atoms. The van der Waals surface area contributed by atoms with E-state index in [2.05, 4.69) is 4.98 Å². The smallest absolute Gasteiger partial charge is 0.338 e. The van der Waals surface area contributed by atoms with Gasteiger partial charge in [-0.25, -0.2) is 4.98 Å². The van der Waals surface area contributed by atoms with E-state index in [-0.39, 0.29) is 12.3 Å². The molecule has 0 spiro atoms. The third-order valence-corrected chi connectivity index (χ3v) is 7.19. The standard InChI is InChI=1S/C33H30F3N3O/c1-24-10-8-17-31-37-22-30(39(24)31)29(27-15-9-16-28(20-27)33(34,35)36)21-32(40)38(23-26-13-6-3-7-14-26)19-18-25-11-4-2-5-12-25/h2-17,20,22,29H,18-19,21,23H2,1H3. The second-order valence-electron chi connectivity index (χ2n) is 9.96. The van der Waals surface area contributed by atoms with Gasteiger partial charge in [0.2, 0.25) is 5.91 Å². The quantitative estimate of drug-likeness (QED) is 0.194. The van der Waals surface area contributed by atoms with E-state index >= 15 is 0 Å². The summed E-state index contributed by atoms with van der Waals surface area (Å²) in [4.78, 5) is 20.3. The minimum absolute atomic E-state index is 0.00502. The van der Waals surface area contributed by atoms with E-state index in [9.17, 15) is 18.0 Å². The first kappa shape index (κ1) is 27.2. The molecule has 0 aliphatic rings. The van der Waals surface area contributed by atoms with E-state index in [1.807, 2.05) is 90.2 Å². The van der Waals surface area contributed by atoms with Gasteiger partial charge in [-0.2, -0.15) is 13.2 Å². The van der Waals surface area contributed by atoms with Crippen LogP contribution in [-0.4, -0.2) is 26.7 Å². The van der Waals surface area contributed by atoms with Crippen LogP contribution < -0.4 is 0 Å². The lowest BCUT2D eigenvalue weighted by Crippen LogP contribution is -2.33. The highest BCUT2D eigenvalue weighted by atomic mass is 19.4. The van der Waals surface area contributed by atoms with Crippen LogP contribution in [0.15, 0.2) is 109 Å². The topological polar surface area (TPSA) is 37.6 Å². The van der Waals surface area contributed by atoms with Crippen LogP contribution in [-0.2, 0) is 23.9 Å². The predicted molar refractivity (Wildman–Crippen MR) is 150 cm³/mol. The molecule has 5 rings (SSSR count). The molecule has 0 bridgehead atoms. The van der Waals surface area contributed by atoms with E-state index in [0.29, 0.717) is 36.4 Å². The number of rotatable bonds is 9. The zero-order valence-corrected chi connectivity index (χ0v) is 22.2. The fraction of sp³-hybridized carbons (Fsp3) is 0.212. The number of fused-ring (bicyclic) bond motifs is 1. The molecule has 4 nitrogen and oxygen atoms in total. The Morgan fingerprint density at radius 3 is 2.25 bits per heavy atom. The molecule has 0 radical (unpaired) electrons. The fourth-order valence-corrected chi connectivity index (χ4v) is 5.11. The number of imidazole rings is 1.